The molecule has 4 rings (SSSR count). The van der Waals surface area contributed by atoms with Gasteiger partial charge in [0.2, 0.25) is 0 Å². The summed E-state index contributed by atoms with van der Waals surface area (Å²) in [7, 11) is 3.63. The van der Waals surface area contributed by atoms with Crippen LogP contribution < -0.4 is 4.74 Å². The Kier molecular flexibility index (Phi) is 3.34. The quantitative estimate of drug-likeness (QED) is 0.753. The van der Waals surface area contributed by atoms with Gasteiger partial charge in [0, 0.05) is 12.5 Å². The molecule has 3 unspecified atom stereocenters. The monoisotopic (exact) mass is 298 g/mol. The lowest BCUT2D eigenvalue weighted by molar-refractivity contribution is 0.106. The largest absolute Gasteiger partial charge is 0.497 e. The van der Waals surface area contributed by atoms with Gasteiger partial charge in [0.05, 0.1) is 13.2 Å². The highest BCUT2D eigenvalue weighted by Crippen LogP contribution is 2.55. The molecule has 0 spiro atoms. The van der Waals surface area contributed by atoms with E-state index in [1.54, 1.807) is 23.8 Å². The number of fused-ring (bicyclic) bond motifs is 4. The standard InChI is InChI=1S/C20H26O2/c1-20-9-8-13-10-16(22-3)12-17(13)19(20)6-4-14-11-15(21-2)5-7-18(14)20/h5,7,11,13,16H,4,6,8-10,12H2,1-3H3. The maximum absolute atomic E-state index is 5.66. The van der Waals surface area contributed by atoms with E-state index in [2.05, 4.69) is 25.1 Å². The number of hydrogen-bond donors (Lipinski definition) is 0. The van der Waals surface area contributed by atoms with E-state index >= 15 is 0 Å². The second kappa shape index (κ2) is 5.13. The predicted octanol–water partition coefficient (Wildman–Crippen LogP) is 4.41. The lowest BCUT2D eigenvalue weighted by Gasteiger charge is -2.44. The Morgan fingerprint density at radius 1 is 1.18 bits per heavy atom. The number of aryl methyl sites for hydroxylation is 1. The molecule has 2 nitrogen and oxygen atoms in total. The van der Waals surface area contributed by atoms with Crippen LogP contribution in [-0.4, -0.2) is 20.3 Å². The molecule has 3 atom stereocenters. The molecule has 1 fully saturated rings. The first-order valence-corrected chi connectivity index (χ1v) is 8.58. The number of ether oxygens (including phenoxy) is 2. The van der Waals surface area contributed by atoms with Crippen LogP contribution in [0.2, 0.25) is 0 Å². The molecule has 0 radical (unpaired) electrons. The van der Waals surface area contributed by atoms with Crippen LogP contribution >= 0.6 is 0 Å². The van der Waals surface area contributed by atoms with E-state index in [0.29, 0.717) is 6.10 Å². The molecule has 3 aliphatic carbocycles. The molecular weight excluding hydrogens is 272 g/mol. The van der Waals surface area contributed by atoms with Crippen LogP contribution in [0.5, 0.6) is 5.75 Å². The van der Waals surface area contributed by atoms with Gasteiger partial charge in [-0.25, -0.2) is 0 Å². The zero-order valence-corrected chi connectivity index (χ0v) is 13.9. The lowest BCUT2D eigenvalue weighted by Crippen LogP contribution is -2.35. The Bertz CT molecular complexity index is 631. The molecule has 22 heavy (non-hydrogen) atoms. The molecule has 1 aromatic rings. The third kappa shape index (κ3) is 1.96. The smallest absolute Gasteiger partial charge is 0.119 e. The van der Waals surface area contributed by atoms with E-state index in [4.69, 9.17) is 9.47 Å². The minimum Gasteiger partial charge on any atom is -0.497 e. The number of hydrogen-bond acceptors (Lipinski definition) is 2. The molecule has 3 aliphatic rings. The van der Waals surface area contributed by atoms with E-state index in [9.17, 15) is 0 Å². The fourth-order valence-corrected chi connectivity index (χ4v) is 5.20. The van der Waals surface area contributed by atoms with Crippen molar-refractivity contribution in [1.29, 1.82) is 0 Å². The summed E-state index contributed by atoms with van der Waals surface area (Å²) >= 11 is 0. The highest BCUT2D eigenvalue weighted by atomic mass is 16.5. The van der Waals surface area contributed by atoms with Crippen molar-refractivity contribution in [2.24, 2.45) is 5.92 Å². The maximum atomic E-state index is 5.66. The highest BCUT2D eigenvalue weighted by Gasteiger charge is 2.45. The van der Waals surface area contributed by atoms with Gasteiger partial charge in [-0.2, -0.15) is 0 Å². The molecule has 0 heterocycles. The second-order valence-corrected chi connectivity index (χ2v) is 7.39. The Morgan fingerprint density at radius 2 is 2.05 bits per heavy atom. The van der Waals surface area contributed by atoms with E-state index in [0.717, 1.165) is 24.5 Å². The topological polar surface area (TPSA) is 18.5 Å². The average Bonchev–Trinajstić information content (AvgIpc) is 2.97. The van der Waals surface area contributed by atoms with Gasteiger partial charge in [0.1, 0.15) is 5.75 Å². The summed E-state index contributed by atoms with van der Waals surface area (Å²) in [5.41, 5.74) is 6.75. The van der Waals surface area contributed by atoms with Crippen molar-refractivity contribution in [2.75, 3.05) is 14.2 Å². The van der Waals surface area contributed by atoms with Crippen molar-refractivity contribution in [3.05, 3.63) is 40.5 Å². The molecule has 0 amide bonds. The van der Waals surface area contributed by atoms with E-state index in [1.807, 2.05) is 7.11 Å². The van der Waals surface area contributed by atoms with Gasteiger partial charge in [0.15, 0.2) is 0 Å². The molecule has 2 heteroatoms. The summed E-state index contributed by atoms with van der Waals surface area (Å²) in [5.74, 6) is 1.78. The Balaban J connectivity index is 1.79. The van der Waals surface area contributed by atoms with Crippen LogP contribution in [0.25, 0.3) is 0 Å². The summed E-state index contributed by atoms with van der Waals surface area (Å²) in [6, 6.07) is 6.70. The first-order valence-electron chi connectivity index (χ1n) is 8.58. The second-order valence-electron chi connectivity index (χ2n) is 7.39. The van der Waals surface area contributed by atoms with E-state index in [1.165, 1.54) is 31.2 Å². The highest BCUT2D eigenvalue weighted by molar-refractivity contribution is 5.51. The first-order chi connectivity index (χ1) is 10.7. The summed E-state index contributed by atoms with van der Waals surface area (Å²) < 4.78 is 11.1. The normalized spacial score (nSPS) is 33.2. The number of allylic oxidation sites excluding steroid dienone is 1. The van der Waals surface area contributed by atoms with Gasteiger partial charge in [0.25, 0.3) is 0 Å². The van der Waals surface area contributed by atoms with Crippen LogP contribution in [0.3, 0.4) is 0 Å². The van der Waals surface area contributed by atoms with Crippen LogP contribution in [0, 0.1) is 5.92 Å². The van der Waals surface area contributed by atoms with Crippen molar-refractivity contribution in [3.8, 4) is 5.75 Å². The average molecular weight is 298 g/mol. The molecule has 0 bridgehead atoms. The van der Waals surface area contributed by atoms with Crippen LogP contribution in [0.1, 0.15) is 50.2 Å². The molecule has 0 N–H and O–H groups in total. The number of methoxy groups -OCH3 is 2. The van der Waals surface area contributed by atoms with Crippen LogP contribution in [0.15, 0.2) is 29.3 Å². The molecule has 118 valence electrons. The minimum atomic E-state index is 0.244. The van der Waals surface area contributed by atoms with Crippen LogP contribution in [-0.2, 0) is 16.6 Å². The molecule has 0 aliphatic heterocycles. The molecule has 0 saturated heterocycles. The summed E-state index contributed by atoms with van der Waals surface area (Å²) in [4.78, 5) is 0. The fraction of sp³-hybridized carbons (Fsp3) is 0.600. The van der Waals surface area contributed by atoms with Crippen molar-refractivity contribution in [1.82, 2.24) is 0 Å². The van der Waals surface area contributed by atoms with Crippen molar-refractivity contribution < 1.29 is 9.47 Å². The van der Waals surface area contributed by atoms with Gasteiger partial charge >= 0.3 is 0 Å². The lowest BCUT2D eigenvalue weighted by atomic mass is 9.60. The minimum absolute atomic E-state index is 0.244. The first kappa shape index (κ1) is 14.3. The summed E-state index contributed by atoms with van der Waals surface area (Å²) in [6.07, 6.45) is 7.84. The summed E-state index contributed by atoms with van der Waals surface area (Å²) in [6.45, 7) is 2.47. The molecule has 1 aromatic carbocycles. The van der Waals surface area contributed by atoms with E-state index in [-0.39, 0.29) is 5.41 Å². The Labute approximate surface area is 133 Å². The van der Waals surface area contributed by atoms with Gasteiger partial charge in [-0.15, -0.1) is 0 Å². The van der Waals surface area contributed by atoms with Gasteiger partial charge in [-0.1, -0.05) is 24.1 Å². The Morgan fingerprint density at radius 3 is 2.82 bits per heavy atom. The van der Waals surface area contributed by atoms with Gasteiger partial charge < -0.3 is 9.47 Å². The van der Waals surface area contributed by atoms with Gasteiger partial charge in [-0.3, -0.25) is 0 Å². The van der Waals surface area contributed by atoms with E-state index < -0.39 is 0 Å². The fourth-order valence-electron chi connectivity index (χ4n) is 5.20. The van der Waals surface area contributed by atoms with Crippen molar-refractivity contribution in [2.45, 2.75) is 57.0 Å². The van der Waals surface area contributed by atoms with Crippen molar-refractivity contribution in [3.63, 3.8) is 0 Å². The Hall–Kier alpha value is -1.28. The van der Waals surface area contributed by atoms with Crippen LogP contribution in [0.4, 0.5) is 0 Å². The zero-order valence-electron chi connectivity index (χ0n) is 13.9. The van der Waals surface area contributed by atoms with Gasteiger partial charge in [-0.05, 0) is 67.7 Å². The maximum Gasteiger partial charge on any atom is 0.119 e. The zero-order chi connectivity index (χ0) is 15.3. The SMILES string of the molecule is COc1ccc2c(c1)CCC1=C3CC(OC)CC3CCC12C. The molecule has 0 aromatic heterocycles. The predicted molar refractivity (Wildman–Crippen MR) is 88.4 cm³/mol. The van der Waals surface area contributed by atoms with Crippen molar-refractivity contribution >= 4 is 0 Å². The third-order valence-corrected chi connectivity index (χ3v) is 6.42. The number of rotatable bonds is 2. The number of benzene rings is 1. The third-order valence-electron chi connectivity index (χ3n) is 6.42. The summed E-state index contributed by atoms with van der Waals surface area (Å²) in [5, 5.41) is 0. The molecular formula is C20H26O2. The molecule has 1 saturated carbocycles.